The first-order valence-corrected chi connectivity index (χ1v) is 7.40. The van der Waals surface area contributed by atoms with Gasteiger partial charge in [0.25, 0.3) is 0 Å². The van der Waals surface area contributed by atoms with E-state index in [1.54, 1.807) is 0 Å². The zero-order chi connectivity index (χ0) is 13.2. The van der Waals surface area contributed by atoms with E-state index < -0.39 is 0 Å². The van der Waals surface area contributed by atoms with Gasteiger partial charge in [-0.15, -0.1) is 0 Å². The summed E-state index contributed by atoms with van der Waals surface area (Å²) in [5.41, 5.74) is 2.43. The van der Waals surface area contributed by atoms with Crippen LogP contribution in [0.5, 0.6) is 0 Å². The number of para-hydroxylation sites is 1. The van der Waals surface area contributed by atoms with Crippen LogP contribution in [0, 0.1) is 5.92 Å². The molecule has 2 aliphatic rings. The van der Waals surface area contributed by atoms with Gasteiger partial charge in [0.2, 0.25) is 0 Å². The van der Waals surface area contributed by atoms with Gasteiger partial charge in [-0.25, -0.2) is 4.79 Å². The van der Waals surface area contributed by atoms with Crippen molar-refractivity contribution in [2.75, 3.05) is 24.5 Å². The van der Waals surface area contributed by atoms with Crippen molar-refractivity contribution in [1.29, 1.82) is 0 Å². The first-order chi connectivity index (χ1) is 9.25. The van der Waals surface area contributed by atoms with Gasteiger partial charge in [0, 0.05) is 25.3 Å². The highest BCUT2D eigenvalue weighted by molar-refractivity contribution is 5.93. The van der Waals surface area contributed by atoms with Gasteiger partial charge in [0.1, 0.15) is 0 Å². The maximum Gasteiger partial charge on any atom is 0.324 e. The fraction of sp³-hybridized carbons (Fsp3) is 0.562. The Morgan fingerprint density at radius 3 is 2.68 bits per heavy atom. The number of carbonyl (C=O) groups excluding carboxylic acids is 1. The number of hydrogen-bond donors (Lipinski definition) is 0. The summed E-state index contributed by atoms with van der Waals surface area (Å²) in [7, 11) is 0. The van der Waals surface area contributed by atoms with Crippen LogP contribution in [0.4, 0.5) is 10.5 Å². The van der Waals surface area contributed by atoms with Crippen molar-refractivity contribution < 1.29 is 4.79 Å². The topological polar surface area (TPSA) is 23.6 Å². The van der Waals surface area contributed by atoms with E-state index in [-0.39, 0.29) is 6.03 Å². The molecule has 1 fully saturated rings. The number of urea groups is 1. The fourth-order valence-corrected chi connectivity index (χ4v) is 3.23. The standard InChI is InChI=1S/C16H22N2O/c1-13-11-14-7-3-4-8-15(14)18(12-13)16(19)17-9-5-2-6-10-17/h3-4,7-8,13H,2,5-6,9-12H2,1H3. The lowest BCUT2D eigenvalue weighted by Gasteiger charge is -2.38. The van der Waals surface area contributed by atoms with Crippen molar-refractivity contribution in [3.05, 3.63) is 29.8 Å². The number of likely N-dealkylation sites (tertiary alicyclic amines) is 1. The van der Waals surface area contributed by atoms with Crippen molar-refractivity contribution in [3.8, 4) is 0 Å². The quantitative estimate of drug-likeness (QED) is 0.700. The van der Waals surface area contributed by atoms with E-state index in [4.69, 9.17) is 0 Å². The molecule has 3 heteroatoms. The highest BCUT2D eigenvalue weighted by Crippen LogP contribution is 2.30. The molecule has 1 saturated heterocycles. The van der Waals surface area contributed by atoms with Gasteiger partial charge < -0.3 is 4.90 Å². The molecule has 0 saturated carbocycles. The number of amides is 2. The predicted octanol–water partition coefficient (Wildman–Crippen LogP) is 3.29. The fourth-order valence-electron chi connectivity index (χ4n) is 3.23. The van der Waals surface area contributed by atoms with Crippen LogP contribution in [-0.4, -0.2) is 30.6 Å². The van der Waals surface area contributed by atoms with E-state index in [9.17, 15) is 4.79 Å². The molecule has 2 amide bonds. The van der Waals surface area contributed by atoms with Crippen LogP contribution in [0.25, 0.3) is 0 Å². The minimum absolute atomic E-state index is 0.207. The molecule has 1 aromatic rings. The third-order valence-corrected chi connectivity index (χ3v) is 4.20. The largest absolute Gasteiger partial charge is 0.324 e. The van der Waals surface area contributed by atoms with E-state index in [1.807, 2.05) is 15.9 Å². The van der Waals surface area contributed by atoms with Crippen LogP contribution in [-0.2, 0) is 6.42 Å². The number of nitrogens with zero attached hydrogens (tertiary/aromatic N) is 2. The molecule has 0 radical (unpaired) electrons. The molecule has 102 valence electrons. The Labute approximate surface area is 115 Å². The van der Waals surface area contributed by atoms with Crippen molar-refractivity contribution in [1.82, 2.24) is 4.90 Å². The Balaban J connectivity index is 1.85. The zero-order valence-corrected chi connectivity index (χ0v) is 11.6. The molecule has 0 N–H and O–H groups in total. The Bertz CT molecular complexity index is 466. The van der Waals surface area contributed by atoms with Gasteiger partial charge in [-0.05, 0) is 43.2 Å². The van der Waals surface area contributed by atoms with E-state index in [0.717, 1.165) is 44.6 Å². The average molecular weight is 258 g/mol. The number of rotatable bonds is 0. The van der Waals surface area contributed by atoms with Gasteiger partial charge in [0.05, 0.1) is 0 Å². The Morgan fingerprint density at radius 1 is 1.16 bits per heavy atom. The molecule has 19 heavy (non-hydrogen) atoms. The van der Waals surface area contributed by atoms with E-state index in [1.165, 1.54) is 12.0 Å². The number of anilines is 1. The number of piperidine rings is 1. The number of hydrogen-bond acceptors (Lipinski definition) is 1. The summed E-state index contributed by atoms with van der Waals surface area (Å²) < 4.78 is 0. The van der Waals surface area contributed by atoms with Crippen LogP contribution < -0.4 is 4.90 Å². The van der Waals surface area contributed by atoms with Gasteiger partial charge >= 0.3 is 6.03 Å². The van der Waals surface area contributed by atoms with Gasteiger partial charge in [-0.3, -0.25) is 4.90 Å². The number of carbonyl (C=O) groups is 1. The second-order valence-corrected chi connectivity index (χ2v) is 5.88. The molecule has 1 aromatic carbocycles. The third-order valence-electron chi connectivity index (χ3n) is 4.20. The highest BCUT2D eigenvalue weighted by atomic mass is 16.2. The van der Waals surface area contributed by atoms with Crippen molar-refractivity contribution in [2.45, 2.75) is 32.6 Å². The van der Waals surface area contributed by atoms with Gasteiger partial charge in [-0.1, -0.05) is 25.1 Å². The van der Waals surface area contributed by atoms with Crippen molar-refractivity contribution >= 4 is 11.7 Å². The lowest BCUT2D eigenvalue weighted by Crippen LogP contribution is -2.48. The summed E-state index contributed by atoms with van der Waals surface area (Å²) in [6.07, 6.45) is 4.64. The summed E-state index contributed by atoms with van der Waals surface area (Å²) in [4.78, 5) is 16.7. The summed E-state index contributed by atoms with van der Waals surface area (Å²) >= 11 is 0. The molecule has 1 atom stereocenters. The Kier molecular flexibility index (Phi) is 3.45. The molecule has 2 aliphatic heterocycles. The third kappa shape index (κ3) is 2.46. The summed E-state index contributed by atoms with van der Waals surface area (Å²) in [5, 5.41) is 0. The first-order valence-electron chi connectivity index (χ1n) is 7.40. The second-order valence-electron chi connectivity index (χ2n) is 5.88. The second kappa shape index (κ2) is 5.24. The minimum atomic E-state index is 0.207. The normalized spacial score (nSPS) is 23.1. The molecule has 0 aliphatic carbocycles. The zero-order valence-electron chi connectivity index (χ0n) is 11.6. The van der Waals surface area contributed by atoms with Gasteiger partial charge in [0.15, 0.2) is 0 Å². The smallest absolute Gasteiger partial charge is 0.324 e. The summed E-state index contributed by atoms with van der Waals surface area (Å²) in [5.74, 6) is 0.545. The van der Waals surface area contributed by atoms with Crippen LogP contribution in [0.1, 0.15) is 31.7 Å². The minimum Gasteiger partial charge on any atom is -0.324 e. The number of fused-ring (bicyclic) bond motifs is 1. The monoisotopic (exact) mass is 258 g/mol. The van der Waals surface area contributed by atoms with Crippen LogP contribution in [0.3, 0.4) is 0 Å². The maximum atomic E-state index is 12.7. The average Bonchev–Trinajstić information content (AvgIpc) is 2.46. The lowest BCUT2D eigenvalue weighted by molar-refractivity contribution is 0.191. The SMILES string of the molecule is CC1Cc2ccccc2N(C(=O)N2CCCCC2)C1. The Hall–Kier alpha value is -1.51. The molecule has 1 unspecified atom stereocenters. The van der Waals surface area contributed by atoms with E-state index in [2.05, 4.69) is 25.1 Å². The molecule has 3 nitrogen and oxygen atoms in total. The van der Waals surface area contributed by atoms with Crippen LogP contribution in [0.2, 0.25) is 0 Å². The first kappa shape index (κ1) is 12.5. The summed E-state index contributed by atoms with van der Waals surface area (Å²) in [6, 6.07) is 8.55. The van der Waals surface area contributed by atoms with Crippen molar-refractivity contribution in [3.63, 3.8) is 0 Å². The molecule has 0 bridgehead atoms. The molecular formula is C16H22N2O. The molecular weight excluding hydrogens is 236 g/mol. The van der Waals surface area contributed by atoms with E-state index >= 15 is 0 Å². The summed E-state index contributed by atoms with van der Waals surface area (Å²) in [6.45, 7) is 4.93. The molecule has 0 aromatic heterocycles. The Morgan fingerprint density at radius 2 is 1.89 bits per heavy atom. The van der Waals surface area contributed by atoms with Crippen LogP contribution >= 0.6 is 0 Å². The maximum absolute atomic E-state index is 12.7. The molecule has 0 spiro atoms. The van der Waals surface area contributed by atoms with Gasteiger partial charge in [-0.2, -0.15) is 0 Å². The lowest BCUT2D eigenvalue weighted by atomic mass is 9.94. The molecule has 3 rings (SSSR count). The van der Waals surface area contributed by atoms with Crippen LogP contribution in [0.15, 0.2) is 24.3 Å². The molecule has 2 heterocycles. The highest BCUT2D eigenvalue weighted by Gasteiger charge is 2.29. The predicted molar refractivity (Wildman–Crippen MR) is 77.5 cm³/mol. The number of benzene rings is 1. The van der Waals surface area contributed by atoms with E-state index in [0.29, 0.717) is 5.92 Å². The van der Waals surface area contributed by atoms with Crippen molar-refractivity contribution in [2.24, 2.45) is 5.92 Å².